The molecule has 1 aromatic rings. The Morgan fingerprint density at radius 1 is 1.18 bits per heavy atom. The minimum atomic E-state index is -1.01. The molecule has 0 spiro atoms. The maximum absolute atomic E-state index is 14.9. The van der Waals surface area contributed by atoms with Crippen LogP contribution in [0.25, 0.3) is 5.57 Å². The third kappa shape index (κ3) is 4.62. The molecule has 0 radical (unpaired) electrons. The highest BCUT2D eigenvalue weighted by Gasteiger charge is 2.52. The van der Waals surface area contributed by atoms with Crippen molar-refractivity contribution >= 4 is 24.4 Å². The van der Waals surface area contributed by atoms with E-state index in [1.165, 1.54) is 18.3 Å². The van der Waals surface area contributed by atoms with Crippen LogP contribution in [0.4, 0.5) is 8.78 Å². The van der Waals surface area contributed by atoms with Gasteiger partial charge < -0.3 is 19.8 Å². The zero-order chi connectivity index (χ0) is 21.1. The summed E-state index contributed by atoms with van der Waals surface area (Å²) in [6, 6.07) is 2.95. The Bertz CT molecular complexity index is 759. The molecule has 28 heavy (non-hydrogen) atoms. The molecule has 8 heteroatoms. The molecule has 5 nitrogen and oxygen atoms in total. The van der Waals surface area contributed by atoms with Crippen LogP contribution in [-0.4, -0.2) is 44.8 Å². The molecular weight excluding hydrogens is 365 g/mol. The maximum atomic E-state index is 14.9. The predicted octanol–water partition coefficient (Wildman–Crippen LogP) is 3.06. The van der Waals surface area contributed by atoms with Crippen molar-refractivity contribution in [3.05, 3.63) is 35.0 Å². The van der Waals surface area contributed by atoms with Gasteiger partial charge in [0.05, 0.1) is 11.2 Å². The number of methoxy groups -OCH3 is 1. The van der Waals surface area contributed by atoms with Crippen LogP contribution in [0.15, 0.2) is 22.8 Å². The van der Waals surface area contributed by atoms with Crippen LogP contribution in [-0.2, 0) is 14.0 Å². The molecule has 0 saturated carbocycles. The van der Waals surface area contributed by atoms with E-state index in [4.69, 9.17) is 19.8 Å². The second kappa shape index (κ2) is 8.72. The van der Waals surface area contributed by atoms with E-state index >= 15 is 0 Å². The molecular formula is C20H29BF2N2O3. The number of benzene rings is 1. The number of hydrogen-bond acceptors (Lipinski definition) is 5. The van der Waals surface area contributed by atoms with E-state index in [0.717, 1.165) is 6.42 Å². The Labute approximate surface area is 166 Å². The number of hydrogen-bond donors (Lipinski definition) is 1. The van der Waals surface area contributed by atoms with Gasteiger partial charge in [0.15, 0.2) is 11.6 Å². The second-order valence-electron chi connectivity index (χ2n) is 7.90. The summed E-state index contributed by atoms with van der Waals surface area (Å²) in [7, 11) is 0.626. The molecule has 0 aliphatic carbocycles. The van der Waals surface area contributed by atoms with Crippen LogP contribution in [0.1, 0.15) is 46.6 Å². The van der Waals surface area contributed by atoms with E-state index in [2.05, 4.69) is 4.99 Å². The van der Waals surface area contributed by atoms with Crippen molar-refractivity contribution in [1.29, 1.82) is 0 Å². The van der Waals surface area contributed by atoms with Crippen molar-refractivity contribution in [2.45, 2.75) is 52.2 Å². The Morgan fingerprint density at radius 2 is 1.79 bits per heavy atom. The number of rotatable bonds is 7. The Morgan fingerprint density at radius 3 is 2.32 bits per heavy atom. The molecule has 154 valence electrons. The van der Waals surface area contributed by atoms with Crippen molar-refractivity contribution in [3.63, 3.8) is 0 Å². The third-order valence-electron chi connectivity index (χ3n) is 5.19. The molecule has 0 bridgehead atoms. The van der Waals surface area contributed by atoms with E-state index in [9.17, 15) is 8.78 Å². The normalized spacial score (nSPS) is 19.4. The molecule has 0 amide bonds. The molecule has 1 saturated heterocycles. The lowest BCUT2D eigenvalue weighted by Gasteiger charge is -2.32. The predicted molar refractivity (Wildman–Crippen MR) is 109 cm³/mol. The summed E-state index contributed by atoms with van der Waals surface area (Å²) in [6.45, 7) is 10.1. The van der Waals surface area contributed by atoms with Gasteiger partial charge in [0, 0.05) is 48.8 Å². The first kappa shape index (κ1) is 22.5. The number of halogens is 2. The van der Waals surface area contributed by atoms with Crippen LogP contribution < -0.4 is 11.2 Å². The molecule has 2 rings (SSSR count). The van der Waals surface area contributed by atoms with Gasteiger partial charge in [-0.15, -0.1) is 0 Å². The largest absolute Gasteiger partial charge is 0.497 e. The van der Waals surface area contributed by atoms with Crippen LogP contribution in [0.2, 0.25) is 0 Å². The smallest absolute Gasteiger partial charge is 0.402 e. The van der Waals surface area contributed by atoms with E-state index in [0.29, 0.717) is 24.4 Å². The molecule has 1 aliphatic heterocycles. The fourth-order valence-corrected chi connectivity index (χ4v) is 2.76. The van der Waals surface area contributed by atoms with Gasteiger partial charge in [0.2, 0.25) is 0 Å². The van der Waals surface area contributed by atoms with E-state index < -0.39 is 30.0 Å². The fraction of sp³-hybridized carbons (Fsp3) is 0.550. The lowest BCUT2D eigenvalue weighted by Crippen LogP contribution is -2.41. The first-order valence-corrected chi connectivity index (χ1v) is 9.31. The Hall–Kier alpha value is -1.77. The lowest BCUT2D eigenvalue weighted by atomic mass is 9.77. The molecule has 0 unspecified atom stereocenters. The van der Waals surface area contributed by atoms with Crippen molar-refractivity contribution in [3.8, 4) is 0 Å². The molecule has 0 atom stereocenters. The van der Waals surface area contributed by atoms with Gasteiger partial charge in [0.1, 0.15) is 0 Å². The van der Waals surface area contributed by atoms with Gasteiger partial charge in [-0.3, -0.25) is 4.99 Å². The standard InChI is InChI=1S/C20H29BF2N2O3/c1-13(24)15(12-25-10-7-11-26-6)14-8-9-16(18(23)17(14)22)21-27-19(2,3)20(4,5)28-21/h8-9,12H,7,10-11,24H2,1-6H3/b15-13+,25-12?. The van der Waals surface area contributed by atoms with Crippen molar-refractivity contribution in [2.24, 2.45) is 10.7 Å². The number of allylic oxidation sites excluding steroid dienone is 2. The SMILES string of the molecule is COCCCN=C/C(=C(/C)N)c1ccc(B2OC(C)(C)C(C)(C)O2)c(F)c1F. The number of nitrogens with zero attached hydrogens (tertiary/aromatic N) is 1. The topological polar surface area (TPSA) is 66.1 Å². The summed E-state index contributed by atoms with van der Waals surface area (Å²) < 4.78 is 46.4. The highest BCUT2D eigenvalue weighted by molar-refractivity contribution is 6.62. The van der Waals surface area contributed by atoms with Gasteiger partial charge in [-0.2, -0.15) is 0 Å². The van der Waals surface area contributed by atoms with Gasteiger partial charge in [-0.25, -0.2) is 8.78 Å². The highest BCUT2D eigenvalue weighted by Crippen LogP contribution is 2.37. The summed E-state index contributed by atoms with van der Waals surface area (Å²) in [5.41, 5.74) is 5.35. The molecule has 1 aliphatic rings. The van der Waals surface area contributed by atoms with Crippen molar-refractivity contribution < 1.29 is 22.8 Å². The molecule has 1 fully saturated rings. The number of nitrogens with two attached hydrogens (primary N) is 1. The second-order valence-corrected chi connectivity index (χ2v) is 7.90. The number of ether oxygens (including phenoxy) is 1. The quantitative estimate of drug-likeness (QED) is 0.439. The fourth-order valence-electron chi connectivity index (χ4n) is 2.76. The van der Waals surface area contributed by atoms with Crippen LogP contribution in [0.5, 0.6) is 0 Å². The molecule has 1 heterocycles. The van der Waals surface area contributed by atoms with Crippen molar-refractivity contribution in [2.75, 3.05) is 20.3 Å². The van der Waals surface area contributed by atoms with Gasteiger partial charge in [0.25, 0.3) is 0 Å². The van der Waals surface area contributed by atoms with Crippen LogP contribution in [0, 0.1) is 11.6 Å². The van der Waals surface area contributed by atoms with E-state index in [-0.39, 0.29) is 11.0 Å². The molecule has 2 N–H and O–H groups in total. The van der Waals surface area contributed by atoms with Crippen molar-refractivity contribution in [1.82, 2.24) is 0 Å². The first-order valence-electron chi connectivity index (χ1n) is 9.31. The number of aliphatic imine (C=N–C) groups is 1. The molecule has 1 aromatic carbocycles. The van der Waals surface area contributed by atoms with E-state index in [1.54, 1.807) is 14.0 Å². The zero-order valence-corrected chi connectivity index (χ0v) is 17.4. The minimum Gasteiger partial charge on any atom is -0.402 e. The minimum absolute atomic E-state index is 0.0194. The maximum Gasteiger partial charge on any atom is 0.497 e. The summed E-state index contributed by atoms with van der Waals surface area (Å²) in [5.74, 6) is -2.02. The zero-order valence-electron chi connectivity index (χ0n) is 17.4. The summed E-state index contributed by atoms with van der Waals surface area (Å²) in [6.07, 6.45) is 2.19. The monoisotopic (exact) mass is 394 g/mol. The van der Waals surface area contributed by atoms with Gasteiger partial charge in [-0.05, 0) is 41.0 Å². The first-order chi connectivity index (χ1) is 13.0. The summed E-state index contributed by atoms with van der Waals surface area (Å²) in [4.78, 5) is 4.23. The summed E-state index contributed by atoms with van der Waals surface area (Å²) in [5, 5.41) is 0. The van der Waals surface area contributed by atoms with E-state index in [1.807, 2.05) is 27.7 Å². The average molecular weight is 394 g/mol. The average Bonchev–Trinajstić information content (AvgIpc) is 2.81. The van der Waals surface area contributed by atoms with Crippen LogP contribution >= 0.6 is 0 Å². The van der Waals surface area contributed by atoms with Crippen LogP contribution in [0.3, 0.4) is 0 Å². The highest BCUT2D eigenvalue weighted by atomic mass is 19.2. The van der Waals surface area contributed by atoms with Gasteiger partial charge in [-0.1, -0.05) is 12.1 Å². The third-order valence-corrected chi connectivity index (χ3v) is 5.19. The van der Waals surface area contributed by atoms with Gasteiger partial charge >= 0.3 is 7.12 Å². The summed E-state index contributed by atoms with van der Waals surface area (Å²) >= 11 is 0. The Balaban J connectivity index is 2.31. The Kier molecular flexibility index (Phi) is 7.01. The lowest BCUT2D eigenvalue weighted by molar-refractivity contribution is 0.00578. The molecule has 0 aromatic heterocycles.